The fourth-order valence-electron chi connectivity index (χ4n) is 6.68. The fourth-order valence-corrected chi connectivity index (χ4v) is 7.49. The lowest BCUT2D eigenvalue weighted by molar-refractivity contribution is -0.230. The van der Waals surface area contributed by atoms with Crippen LogP contribution >= 0.6 is 0 Å². The van der Waals surface area contributed by atoms with Crippen LogP contribution in [0.15, 0.2) is 24.3 Å². The van der Waals surface area contributed by atoms with Crippen molar-refractivity contribution < 1.29 is 36.2 Å². The summed E-state index contributed by atoms with van der Waals surface area (Å²) < 4.78 is 52.3. The van der Waals surface area contributed by atoms with Crippen LogP contribution in [0, 0.1) is 0 Å². The summed E-state index contributed by atoms with van der Waals surface area (Å²) in [4.78, 5) is 25.8. The van der Waals surface area contributed by atoms with E-state index in [9.17, 15) is 22.6 Å². The molecule has 4 N–H and O–H groups in total. The molecular weight excluding hydrogens is 703 g/mol. The zero-order chi connectivity index (χ0) is 39.9. The largest absolute Gasteiger partial charge is 0.726 e. The second-order valence-corrected chi connectivity index (χ2v) is 17.1. The summed E-state index contributed by atoms with van der Waals surface area (Å²) in [5.41, 5.74) is -5.22. The van der Waals surface area contributed by atoms with Gasteiger partial charge in [-0.1, -0.05) is 141 Å². The number of ether oxygens (including phenoxy) is 2. The van der Waals surface area contributed by atoms with E-state index in [1.54, 1.807) is 0 Å². The van der Waals surface area contributed by atoms with Crippen molar-refractivity contribution in [3.8, 4) is 0 Å². The van der Waals surface area contributed by atoms with E-state index in [0.717, 1.165) is 77.0 Å². The molecule has 0 atom stereocenters. The minimum Gasteiger partial charge on any atom is -0.726 e. The maximum absolute atomic E-state index is 12.9. The number of allylic oxidation sites excluding steroid dienone is 4. The third-order valence-corrected chi connectivity index (χ3v) is 11.1. The van der Waals surface area contributed by atoms with E-state index in [1.807, 2.05) is 0 Å². The lowest BCUT2D eigenvalue weighted by Gasteiger charge is -2.50. The van der Waals surface area contributed by atoms with Crippen LogP contribution in [-0.4, -0.2) is 41.7 Å². The number of carbonyl (C=O) groups is 2. The molecule has 0 rings (SSSR count). The molecule has 0 aromatic rings. The number of esters is 2. The Hall–Kier alpha value is -1.75. The Bertz CT molecular complexity index is 1030. The van der Waals surface area contributed by atoms with Gasteiger partial charge in [0, 0.05) is 12.8 Å². The molecule has 10 heteroatoms. The first kappa shape index (κ1) is 54.4. The Morgan fingerprint density at radius 3 is 1.02 bits per heavy atom. The third-order valence-electron chi connectivity index (χ3n) is 10.6. The van der Waals surface area contributed by atoms with Gasteiger partial charge in [-0.05, 0) is 98.8 Å². The number of carbonyl (C=O) groups excluding carboxylic acids is 2. The molecule has 320 valence electrons. The molecule has 0 aromatic heterocycles. The van der Waals surface area contributed by atoms with Gasteiger partial charge in [-0.15, -0.1) is 0 Å². The van der Waals surface area contributed by atoms with Crippen molar-refractivity contribution >= 4 is 22.3 Å². The van der Waals surface area contributed by atoms with Crippen LogP contribution in [0.5, 0.6) is 0 Å². The van der Waals surface area contributed by atoms with Gasteiger partial charge in [-0.3, -0.25) is 13.8 Å². The predicted molar refractivity (Wildman–Crippen MR) is 224 cm³/mol. The Kier molecular flexibility index (Phi) is 32.6. The van der Waals surface area contributed by atoms with Crippen LogP contribution in [0.4, 0.5) is 0 Å². The number of unbranched alkanes of at least 4 members (excludes halogenated alkanes) is 22. The first-order valence-corrected chi connectivity index (χ1v) is 22.8. The van der Waals surface area contributed by atoms with Crippen LogP contribution in [0.25, 0.3) is 0 Å². The Balaban J connectivity index is 0. The van der Waals surface area contributed by atoms with Gasteiger partial charge in [0.25, 0.3) is 0 Å². The topological polar surface area (TPSA) is 156 Å². The third kappa shape index (κ3) is 27.8. The molecule has 0 saturated heterocycles. The molecule has 0 heterocycles. The van der Waals surface area contributed by atoms with Crippen LogP contribution in [0.2, 0.25) is 0 Å². The van der Waals surface area contributed by atoms with Gasteiger partial charge in [-0.25, -0.2) is 8.42 Å². The van der Waals surface area contributed by atoms with E-state index in [-0.39, 0.29) is 19.0 Å². The smallest absolute Gasteiger partial charge is 0.306 e. The minimum absolute atomic E-state index is 0. The quantitative estimate of drug-likeness (QED) is 0.0216. The normalized spacial score (nSPS) is 12.7. The summed E-state index contributed by atoms with van der Waals surface area (Å²) in [5, 5.41) is 0. The van der Waals surface area contributed by atoms with Gasteiger partial charge >= 0.3 is 11.9 Å². The van der Waals surface area contributed by atoms with Crippen molar-refractivity contribution in [1.29, 1.82) is 0 Å². The zero-order valence-corrected chi connectivity index (χ0v) is 37.1. The Morgan fingerprint density at radius 2 is 0.741 bits per heavy atom. The highest BCUT2D eigenvalue weighted by molar-refractivity contribution is 7.80. The van der Waals surface area contributed by atoms with E-state index < -0.39 is 39.1 Å². The molecule has 0 unspecified atom stereocenters. The van der Waals surface area contributed by atoms with E-state index in [1.165, 1.54) is 112 Å². The lowest BCUT2D eigenvalue weighted by atomic mass is 9.75. The van der Waals surface area contributed by atoms with Gasteiger partial charge in [0.2, 0.25) is 10.4 Å². The zero-order valence-electron chi connectivity index (χ0n) is 36.3. The molecule has 0 spiro atoms. The summed E-state index contributed by atoms with van der Waals surface area (Å²) in [5.74, 6) is -1.05. The summed E-state index contributed by atoms with van der Waals surface area (Å²) >= 11 is 0. The lowest BCUT2D eigenvalue weighted by Crippen LogP contribution is -2.66. The standard InChI is InChI=1S/C44H82O8S.H3N/c1-8-10-12-14-16-18-20-22-24-26-28-30-32-34-36-38-40(45)50-42(3,4)44(7,52-53(47,48)49)43(5,6)51-41(46)39-37-35-33-31-29-27-25-23-21-19-17-15-13-11-9-2;/h22-25H,8-21,26-39H2,1-7H3,(H,47,48,49);1H3/b24-22-,25-23-;. The summed E-state index contributed by atoms with van der Waals surface area (Å²) in [6.07, 6.45) is 39.2. The summed E-state index contributed by atoms with van der Waals surface area (Å²) in [7, 11) is -5.25. The molecular formula is C44H85NO8S. The second kappa shape index (κ2) is 32.3. The van der Waals surface area contributed by atoms with Crippen molar-refractivity contribution in [2.24, 2.45) is 0 Å². The Labute approximate surface area is 333 Å². The van der Waals surface area contributed by atoms with Gasteiger partial charge < -0.3 is 20.2 Å². The Morgan fingerprint density at radius 1 is 0.481 bits per heavy atom. The van der Waals surface area contributed by atoms with E-state index >= 15 is 0 Å². The molecule has 9 nitrogen and oxygen atoms in total. The number of hydrogen-bond donors (Lipinski definition) is 1. The first-order valence-electron chi connectivity index (χ1n) is 21.5. The molecule has 0 bridgehead atoms. The van der Waals surface area contributed by atoms with Crippen molar-refractivity contribution in [3.05, 3.63) is 24.3 Å². The first-order chi connectivity index (χ1) is 25.1. The summed E-state index contributed by atoms with van der Waals surface area (Å²) in [6.45, 7) is 11.7. The van der Waals surface area contributed by atoms with Crippen molar-refractivity contribution in [2.45, 2.75) is 245 Å². The van der Waals surface area contributed by atoms with Gasteiger partial charge in [0.15, 0.2) is 5.60 Å². The molecule has 0 radical (unpaired) electrons. The predicted octanol–water partition coefficient (Wildman–Crippen LogP) is 13.3. The minimum atomic E-state index is -5.25. The van der Waals surface area contributed by atoms with Crippen LogP contribution in [0.3, 0.4) is 0 Å². The average Bonchev–Trinajstić information content (AvgIpc) is 3.07. The van der Waals surface area contributed by atoms with Crippen LogP contribution < -0.4 is 6.15 Å². The van der Waals surface area contributed by atoms with Crippen molar-refractivity contribution in [1.82, 2.24) is 6.15 Å². The maximum Gasteiger partial charge on any atom is 0.306 e. The average molecular weight is 788 g/mol. The molecule has 0 aliphatic heterocycles. The second-order valence-electron chi connectivity index (χ2n) is 16.2. The van der Waals surface area contributed by atoms with E-state index in [4.69, 9.17) is 13.7 Å². The molecule has 0 fully saturated rings. The van der Waals surface area contributed by atoms with Crippen LogP contribution in [-0.2, 0) is 33.6 Å². The number of rotatable bonds is 36. The van der Waals surface area contributed by atoms with Crippen molar-refractivity contribution in [2.75, 3.05) is 0 Å². The maximum atomic E-state index is 12.9. The monoisotopic (exact) mass is 788 g/mol. The number of quaternary nitrogens is 1. The fraction of sp³-hybridized carbons (Fsp3) is 0.864. The molecule has 54 heavy (non-hydrogen) atoms. The molecule has 0 aliphatic carbocycles. The van der Waals surface area contributed by atoms with Gasteiger partial charge in [-0.2, -0.15) is 0 Å². The van der Waals surface area contributed by atoms with E-state index in [2.05, 4.69) is 38.2 Å². The molecule has 0 aliphatic rings. The highest BCUT2D eigenvalue weighted by atomic mass is 32.3. The molecule has 0 saturated carbocycles. The van der Waals surface area contributed by atoms with Crippen molar-refractivity contribution in [3.63, 3.8) is 0 Å². The number of hydrogen-bond acceptors (Lipinski definition) is 8. The van der Waals surface area contributed by atoms with Gasteiger partial charge in [0.1, 0.15) is 11.2 Å². The highest BCUT2D eigenvalue weighted by Crippen LogP contribution is 2.42. The SMILES string of the molecule is CCCCCCCC/C=C\CCCCCCCC(=O)OC(C)(C)C(C)(OS(=O)(=O)[O-])C(C)(C)OC(=O)CCCCCCC/C=C\CCCCCCCC.[NH4+]. The van der Waals surface area contributed by atoms with E-state index in [0.29, 0.717) is 12.8 Å². The molecule has 0 amide bonds. The highest BCUT2D eigenvalue weighted by Gasteiger charge is 2.59. The van der Waals surface area contributed by atoms with Crippen LogP contribution in [0.1, 0.15) is 228 Å². The molecule has 0 aromatic carbocycles. The summed E-state index contributed by atoms with van der Waals surface area (Å²) in [6, 6.07) is 0. The van der Waals surface area contributed by atoms with Gasteiger partial charge in [0.05, 0.1) is 0 Å².